The van der Waals surface area contributed by atoms with Crippen molar-refractivity contribution >= 4 is 17.8 Å². The van der Waals surface area contributed by atoms with Gasteiger partial charge >= 0.3 is 11.9 Å². The molecule has 0 aromatic carbocycles. The van der Waals surface area contributed by atoms with Gasteiger partial charge in [-0.05, 0) is 13.0 Å². The maximum atomic E-state index is 11.2. The summed E-state index contributed by atoms with van der Waals surface area (Å²) in [5, 5.41) is 14.8. The number of allylic oxidation sites excluding steroid dienone is 1. The molecule has 17 heavy (non-hydrogen) atoms. The lowest BCUT2D eigenvalue weighted by Crippen LogP contribution is -2.39. The number of carboxylic acids is 2. The fourth-order valence-electron chi connectivity index (χ4n) is 1.03. The monoisotopic (exact) mass is 245 g/mol. The molecular formula is C10H15NO6. The average molecular weight is 245 g/mol. The van der Waals surface area contributed by atoms with Crippen molar-refractivity contribution in [1.82, 2.24) is 4.90 Å². The molecule has 1 heterocycles. The number of carbonyl (C=O) groups is 3. The molecule has 0 aromatic rings. The predicted octanol–water partition coefficient (Wildman–Crippen LogP) is -0.423. The van der Waals surface area contributed by atoms with Gasteiger partial charge in [-0.3, -0.25) is 4.79 Å². The highest BCUT2D eigenvalue weighted by Crippen LogP contribution is 1.97. The molecule has 96 valence electrons. The third-order valence-electron chi connectivity index (χ3n) is 1.81. The third-order valence-corrected chi connectivity index (χ3v) is 1.81. The average Bonchev–Trinajstić information content (AvgIpc) is 2.31. The first-order valence-corrected chi connectivity index (χ1v) is 4.94. The second-order valence-electron chi connectivity index (χ2n) is 3.05. The van der Waals surface area contributed by atoms with Crippen LogP contribution in [0.1, 0.15) is 6.92 Å². The van der Waals surface area contributed by atoms with Crippen LogP contribution in [0.2, 0.25) is 0 Å². The molecule has 0 spiro atoms. The van der Waals surface area contributed by atoms with Gasteiger partial charge in [0.2, 0.25) is 5.91 Å². The number of carbonyl (C=O) groups excluding carboxylic acids is 1. The molecule has 0 unspecified atom stereocenters. The van der Waals surface area contributed by atoms with E-state index in [1.807, 2.05) is 6.92 Å². The van der Waals surface area contributed by atoms with Crippen molar-refractivity contribution < 1.29 is 29.3 Å². The quantitative estimate of drug-likeness (QED) is 0.480. The zero-order chi connectivity index (χ0) is 13.3. The van der Waals surface area contributed by atoms with Gasteiger partial charge < -0.3 is 19.8 Å². The number of ether oxygens (including phenoxy) is 1. The Hall–Kier alpha value is -1.89. The number of hydrogen-bond acceptors (Lipinski definition) is 4. The molecule has 0 radical (unpaired) electrons. The van der Waals surface area contributed by atoms with Crippen molar-refractivity contribution in [3.8, 4) is 0 Å². The van der Waals surface area contributed by atoms with Gasteiger partial charge in [-0.15, -0.1) is 0 Å². The summed E-state index contributed by atoms with van der Waals surface area (Å²) in [6.45, 7) is 4.64. The molecule has 1 aliphatic rings. The molecule has 7 heteroatoms. The Labute approximate surface area is 98.3 Å². The van der Waals surface area contributed by atoms with Crippen LogP contribution in [0.4, 0.5) is 0 Å². The minimum absolute atomic E-state index is 0.0933. The number of rotatable bonds is 1. The van der Waals surface area contributed by atoms with Gasteiger partial charge in [-0.1, -0.05) is 6.08 Å². The van der Waals surface area contributed by atoms with Crippen LogP contribution >= 0.6 is 0 Å². The fourth-order valence-corrected chi connectivity index (χ4v) is 1.03. The van der Waals surface area contributed by atoms with Crippen molar-refractivity contribution in [2.75, 3.05) is 26.3 Å². The van der Waals surface area contributed by atoms with E-state index in [1.165, 1.54) is 0 Å². The molecule has 2 N–H and O–H groups in total. The van der Waals surface area contributed by atoms with E-state index in [9.17, 15) is 4.79 Å². The Morgan fingerprint density at radius 3 is 1.94 bits per heavy atom. The zero-order valence-corrected chi connectivity index (χ0v) is 9.46. The SMILES string of the molecule is CC=CC(=O)N1CCOCC1.O=C(O)C(=O)O. The lowest BCUT2D eigenvalue weighted by Gasteiger charge is -2.25. The summed E-state index contributed by atoms with van der Waals surface area (Å²) in [5.74, 6) is -3.55. The summed E-state index contributed by atoms with van der Waals surface area (Å²) in [7, 11) is 0. The largest absolute Gasteiger partial charge is 0.473 e. The van der Waals surface area contributed by atoms with E-state index in [4.69, 9.17) is 24.5 Å². The molecule has 1 aliphatic heterocycles. The summed E-state index contributed by atoms with van der Waals surface area (Å²) < 4.78 is 5.11. The fraction of sp³-hybridized carbons (Fsp3) is 0.500. The van der Waals surface area contributed by atoms with Gasteiger partial charge in [0.25, 0.3) is 0 Å². The van der Waals surface area contributed by atoms with E-state index in [0.29, 0.717) is 13.2 Å². The number of nitrogens with zero attached hydrogens (tertiary/aromatic N) is 1. The van der Waals surface area contributed by atoms with Crippen molar-refractivity contribution in [2.24, 2.45) is 0 Å². The minimum Gasteiger partial charge on any atom is -0.473 e. The van der Waals surface area contributed by atoms with Gasteiger partial charge in [-0.25, -0.2) is 9.59 Å². The summed E-state index contributed by atoms with van der Waals surface area (Å²) >= 11 is 0. The molecule has 1 saturated heterocycles. The van der Waals surface area contributed by atoms with Crippen molar-refractivity contribution in [1.29, 1.82) is 0 Å². The summed E-state index contributed by atoms with van der Waals surface area (Å²) in [4.78, 5) is 31.2. The van der Waals surface area contributed by atoms with E-state index in [0.717, 1.165) is 13.1 Å². The van der Waals surface area contributed by atoms with Crippen LogP contribution in [0.15, 0.2) is 12.2 Å². The lowest BCUT2D eigenvalue weighted by molar-refractivity contribution is -0.159. The third kappa shape index (κ3) is 7.07. The Kier molecular flexibility index (Phi) is 7.36. The lowest BCUT2D eigenvalue weighted by atomic mass is 10.4. The van der Waals surface area contributed by atoms with Crippen LogP contribution < -0.4 is 0 Å². The van der Waals surface area contributed by atoms with E-state index >= 15 is 0 Å². The maximum Gasteiger partial charge on any atom is 0.414 e. The van der Waals surface area contributed by atoms with Crippen LogP contribution in [-0.2, 0) is 19.1 Å². The van der Waals surface area contributed by atoms with Crippen LogP contribution in [0, 0.1) is 0 Å². The highest BCUT2D eigenvalue weighted by molar-refractivity contribution is 6.27. The van der Waals surface area contributed by atoms with E-state index in [1.54, 1.807) is 17.1 Å². The predicted molar refractivity (Wildman–Crippen MR) is 57.5 cm³/mol. The Morgan fingerprint density at radius 1 is 1.12 bits per heavy atom. The molecular weight excluding hydrogens is 230 g/mol. The van der Waals surface area contributed by atoms with Crippen LogP contribution in [0.25, 0.3) is 0 Å². The smallest absolute Gasteiger partial charge is 0.414 e. The van der Waals surface area contributed by atoms with Crippen LogP contribution in [-0.4, -0.2) is 59.3 Å². The number of morpholine rings is 1. The minimum atomic E-state index is -1.82. The van der Waals surface area contributed by atoms with Crippen molar-refractivity contribution in [3.05, 3.63) is 12.2 Å². The standard InChI is InChI=1S/C8H13NO2.C2H2O4/c1-2-3-8(10)9-4-6-11-7-5-9;3-1(4)2(5)6/h2-3H,4-7H2,1H3;(H,3,4)(H,5,6). The van der Waals surface area contributed by atoms with Gasteiger partial charge in [0.05, 0.1) is 13.2 Å². The first-order chi connectivity index (χ1) is 7.99. The van der Waals surface area contributed by atoms with Gasteiger partial charge in [-0.2, -0.15) is 0 Å². The first kappa shape index (κ1) is 15.1. The first-order valence-electron chi connectivity index (χ1n) is 4.94. The highest BCUT2D eigenvalue weighted by Gasteiger charge is 2.13. The molecule has 0 saturated carbocycles. The van der Waals surface area contributed by atoms with Gasteiger partial charge in [0.15, 0.2) is 0 Å². The number of carboxylic acid groups (broad SMARTS) is 2. The summed E-state index contributed by atoms with van der Waals surface area (Å²) in [6, 6.07) is 0. The summed E-state index contributed by atoms with van der Waals surface area (Å²) in [6.07, 6.45) is 3.35. The number of aliphatic carboxylic acids is 2. The zero-order valence-electron chi connectivity index (χ0n) is 9.46. The molecule has 0 aromatic heterocycles. The Balaban J connectivity index is 0.000000366. The molecule has 0 aliphatic carbocycles. The molecule has 1 amide bonds. The van der Waals surface area contributed by atoms with E-state index in [2.05, 4.69) is 0 Å². The second kappa shape index (κ2) is 8.28. The molecule has 1 rings (SSSR count). The Bertz CT molecular complexity index is 294. The number of hydrogen-bond donors (Lipinski definition) is 2. The molecule has 0 atom stereocenters. The molecule has 1 fully saturated rings. The van der Waals surface area contributed by atoms with E-state index in [-0.39, 0.29) is 5.91 Å². The second-order valence-corrected chi connectivity index (χ2v) is 3.05. The highest BCUT2D eigenvalue weighted by atomic mass is 16.5. The molecule has 7 nitrogen and oxygen atoms in total. The van der Waals surface area contributed by atoms with Crippen LogP contribution in [0.5, 0.6) is 0 Å². The summed E-state index contributed by atoms with van der Waals surface area (Å²) in [5.41, 5.74) is 0. The normalized spacial score (nSPS) is 15.0. The molecule has 0 bridgehead atoms. The Morgan fingerprint density at radius 2 is 1.59 bits per heavy atom. The van der Waals surface area contributed by atoms with Gasteiger partial charge in [0, 0.05) is 13.1 Å². The number of amides is 1. The van der Waals surface area contributed by atoms with Gasteiger partial charge in [0.1, 0.15) is 0 Å². The van der Waals surface area contributed by atoms with Crippen molar-refractivity contribution in [3.63, 3.8) is 0 Å². The van der Waals surface area contributed by atoms with Crippen molar-refractivity contribution in [2.45, 2.75) is 6.92 Å². The van der Waals surface area contributed by atoms with Crippen LogP contribution in [0.3, 0.4) is 0 Å². The maximum absolute atomic E-state index is 11.2. The topological polar surface area (TPSA) is 104 Å². The van der Waals surface area contributed by atoms with E-state index < -0.39 is 11.9 Å².